The van der Waals surface area contributed by atoms with Crippen molar-refractivity contribution in [3.8, 4) is 5.00 Å². The molecule has 2 fully saturated rings. The molecule has 0 radical (unpaired) electrons. The minimum Gasteiger partial charge on any atom is -0.478 e. The fraction of sp³-hybridized carbons (Fsp3) is 0.327. The van der Waals surface area contributed by atoms with E-state index in [9.17, 15) is 14.7 Å². The summed E-state index contributed by atoms with van der Waals surface area (Å²) in [4.78, 5) is 39.2. The number of aryl methyl sites for hydroxylation is 3. The molecule has 332 valence electrons. The SMILES string of the molecule is Cc1sc2c(c1C)C(c1ccc(N3CCC(C(=O)N4CCN(c5ccc(C6=C(c7ccc(Cl)cc7Cl)CCCc7cc(C(=O)O)ccc76)cc5)CC4)CC3)cc1)=N[C@@H](C)c1nnc(C)n1-2. The number of carbonyl (C=O) groups is 2. The molecular formula is C52H51Cl2N7O3S. The summed E-state index contributed by atoms with van der Waals surface area (Å²) in [5.74, 6) is 1.12. The third-order valence-electron chi connectivity index (χ3n) is 13.9. The fourth-order valence-corrected chi connectivity index (χ4v) is 12.0. The largest absolute Gasteiger partial charge is 0.478 e. The molecule has 10 rings (SSSR count). The Morgan fingerprint density at radius 2 is 1.42 bits per heavy atom. The number of hydrogen-bond donors (Lipinski definition) is 1. The molecule has 2 aromatic heterocycles. The molecule has 1 atom stereocenters. The zero-order valence-corrected chi connectivity index (χ0v) is 39.4. The maximum absolute atomic E-state index is 13.9. The highest BCUT2D eigenvalue weighted by Crippen LogP contribution is 2.43. The molecule has 1 aliphatic carbocycles. The quantitative estimate of drug-likeness (QED) is 0.170. The number of benzene rings is 4. The van der Waals surface area contributed by atoms with Crippen LogP contribution in [0.4, 0.5) is 11.4 Å². The predicted octanol–water partition coefficient (Wildman–Crippen LogP) is 11.0. The van der Waals surface area contributed by atoms with Gasteiger partial charge in [-0.3, -0.25) is 14.4 Å². The van der Waals surface area contributed by atoms with Crippen molar-refractivity contribution in [1.82, 2.24) is 19.7 Å². The summed E-state index contributed by atoms with van der Waals surface area (Å²) in [6.45, 7) is 13.0. The van der Waals surface area contributed by atoms with Crippen molar-refractivity contribution in [2.75, 3.05) is 49.1 Å². The standard InChI is InChI=1S/C52H51Cl2N7O3S/c1-30-32(3)65-51-46(30)48(55-31(2)49-57-56-33(4)61(49)51)35-10-16-40(17-11-35)58-22-20-36(21-23-58)50(62)60-26-24-59(25-27-60)41-14-8-34(9-15-41)47-42-18-12-38(52(63)64)28-37(42)6-5-7-44(47)43-19-13-39(53)29-45(43)54/h8-19,28-29,31,36H,5-7,20-27H2,1-4H3,(H,63,64)/t31-/m0/s1. The van der Waals surface area contributed by atoms with Gasteiger partial charge in [-0.2, -0.15) is 0 Å². The Labute approximate surface area is 393 Å². The zero-order valence-electron chi connectivity index (χ0n) is 37.1. The van der Waals surface area contributed by atoms with Crippen LogP contribution < -0.4 is 9.80 Å². The predicted molar refractivity (Wildman–Crippen MR) is 263 cm³/mol. The van der Waals surface area contributed by atoms with Crippen LogP contribution in [0.25, 0.3) is 16.1 Å². The van der Waals surface area contributed by atoms with Crippen molar-refractivity contribution in [3.05, 3.63) is 156 Å². The lowest BCUT2D eigenvalue weighted by atomic mass is 9.87. The van der Waals surface area contributed by atoms with E-state index in [0.717, 1.165) is 131 Å². The summed E-state index contributed by atoms with van der Waals surface area (Å²) < 4.78 is 2.18. The number of halogens is 2. The van der Waals surface area contributed by atoms with Gasteiger partial charge < -0.3 is 19.8 Å². The third kappa shape index (κ3) is 8.06. The Kier molecular flexibility index (Phi) is 11.7. The number of anilines is 2. The number of hydrogen-bond acceptors (Lipinski definition) is 8. The van der Waals surface area contributed by atoms with Crippen molar-refractivity contribution in [1.29, 1.82) is 0 Å². The lowest BCUT2D eigenvalue weighted by Crippen LogP contribution is -2.51. The second kappa shape index (κ2) is 17.6. The number of piperidine rings is 1. The van der Waals surface area contributed by atoms with Gasteiger partial charge in [-0.1, -0.05) is 59.6 Å². The highest BCUT2D eigenvalue weighted by Gasteiger charge is 2.33. The number of rotatable bonds is 7. The number of thiophene rings is 1. The van der Waals surface area contributed by atoms with Gasteiger partial charge in [-0.25, -0.2) is 4.79 Å². The van der Waals surface area contributed by atoms with E-state index < -0.39 is 5.97 Å². The Balaban J connectivity index is 0.788. The lowest BCUT2D eigenvalue weighted by molar-refractivity contribution is -0.136. The molecular weight excluding hydrogens is 874 g/mol. The second-order valence-corrected chi connectivity index (χ2v) is 19.8. The van der Waals surface area contributed by atoms with E-state index in [1.54, 1.807) is 23.5 Å². The van der Waals surface area contributed by atoms with E-state index in [1.807, 2.05) is 31.2 Å². The van der Waals surface area contributed by atoms with Crippen LogP contribution in [0.15, 0.2) is 89.9 Å². The van der Waals surface area contributed by atoms with Crippen LogP contribution in [0.5, 0.6) is 0 Å². The number of aromatic carboxylic acids is 1. The van der Waals surface area contributed by atoms with Gasteiger partial charge in [0.2, 0.25) is 5.91 Å². The zero-order chi connectivity index (χ0) is 45.1. The van der Waals surface area contributed by atoms with Crippen LogP contribution in [0.3, 0.4) is 0 Å². The summed E-state index contributed by atoms with van der Waals surface area (Å²) in [6.07, 6.45) is 4.09. The van der Waals surface area contributed by atoms with Gasteiger partial charge in [-0.15, -0.1) is 21.5 Å². The fourth-order valence-electron chi connectivity index (χ4n) is 10.2. The second-order valence-electron chi connectivity index (χ2n) is 17.7. The molecule has 4 aliphatic rings. The molecule has 0 saturated carbocycles. The molecule has 13 heteroatoms. The average Bonchev–Trinajstić information content (AvgIpc) is 3.72. The smallest absolute Gasteiger partial charge is 0.335 e. The van der Waals surface area contributed by atoms with Gasteiger partial charge >= 0.3 is 5.97 Å². The van der Waals surface area contributed by atoms with Crippen molar-refractivity contribution in [3.63, 3.8) is 0 Å². The maximum atomic E-state index is 13.9. The number of fused-ring (bicyclic) bond motifs is 4. The number of carboxylic acid groups (broad SMARTS) is 1. The van der Waals surface area contributed by atoms with E-state index in [4.69, 9.17) is 28.2 Å². The van der Waals surface area contributed by atoms with Gasteiger partial charge in [0, 0.05) is 82.6 Å². The van der Waals surface area contributed by atoms with Crippen LogP contribution in [0, 0.1) is 26.7 Å². The molecule has 2 saturated heterocycles. The van der Waals surface area contributed by atoms with Gasteiger partial charge in [0.05, 0.1) is 11.3 Å². The van der Waals surface area contributed by atoms with Crippen molar-refractivity contribution in [2.24, 2.45) is 10.9 Å². The Morgan fingerprint density at radius 1 is 0.754 bits per heavy atom. The Bertz CT molecular complexity index is 2900. The lowest BCUT2D eigenvalue weighted by Gasteiger charge is -2.39. The number of carboxylic acids is 1. The number of aromatic nitrogens is 3. The van der Waals surface area contributed by atoms with Crippen molar-refractivity contribution < 1.29 is 14.7 Å². The Hall–Kier alpha value is -5.75. The monoisotopic (exact) mass is 923 g/mol. The van der Waals surface area contributed by atoms with Gasteiger partial charge in [0.25, 0.3) is 0 Å². The minimum atomic E-state index is -0.930. The molecule has 0 bridgehead atoms. The maximum Gasteiger partial charge on any atom is 0.335 e. The minimum absolute atomic E-state index is 0.0245. The number of amides is 1. The number of allylic oxidation sites excluding steroid dienone is 1. The van der Waals surface area contributed by atoms with E-state index >= 15 is 0 Å². The normalized spacial score (nSPS) is 17.8. The first-order valence-corrected chi connectivity index (χ1v) is 24.2. The molecule has 0 spiro atoms. The Morgan fingerprint density at radius 3 is 2.09 bits per heavy atom. The molecule has 0 unspecified atom stereocenters. The summed E-state index contributed by atoms with van der Waals surface area (Å²) in [5.41, 5.74) is 13.3. The summed E-state index contributed by atoms with van der Waals surface area (Å²) >= 11 is 14.9. The molecule has 10 nitrogen and oxygen atoms in total. The number of piperazine rings is 1. The van der Waals surface area contributed by atoms with Crippen LogP contribution in [0.1, 0.15) is 104 Å². The average molecular weight is 925 g/mol. The third-order valence-corrected chi connectivity index (χ3v) is 15.6. The van der Waals surface area contributed by atoms with E-state index in [2.05, 4.69) is 98.8 Å². The van der Waals surface area contributed by atoms with E-state index in [0.29, 0.717) is 28.7 Å². The van der Waals surface area contributed by atoms with Crippen molar-refractivity contribution in [2.45, 2.75) is 65.8 Å². The highest BCUT2D eigenvalue weighted by atomic mass is 35.5. The molecule has 3 aliphatic heterocycles. The number of aliphatic imine (C=N–C) groups is 1. The van der Waals surface area contributed by atoms with Gasteiger partial charge in [-0.05, 0) is 147 Å². The molecule has 5 heterocycles. The molecule has 4 aromatic carbocycles. The van der Waals surface area contributed by atoms with Crippen LogP contribution >= 0.6 is 34.5 Å². The first-order valence-electron chi connectivity index (χ1n) is 22.6. The highest BCUT2D eigenvalue weighted by molar-refractivity contribution is 7.15. The molecule has 1 N–H and O–H groups in total. The van der Waals surface area contributed by atoms with Gasteiger partial charge in [0.1, 0.15) is 16.9 Å². The first-order chi connectivity index (χ1) is 31.4. The number of carbonyl (C=O) groups excluding carboxylic acids is 1. The van der Waals surface area contributed by atoms with Gasteiger partial charge in [0.15, 0.2) is 5.82 Å². The van der Waals surface area contributed by atoms with Crippen molar-refractivity contribution >= 4 is 74.6 Å². The molecule has 1 amide bonds. The topological polar surface area (TPSA) is 107 Å². The van der Waals surface area contributed by atoms with E-state index in [1.165, 1.54) is 16.1 Å². The van der Waals surface area contributed by atoms with E-state index in [-0.39, 0.29) is 17.9 Å². The summed E-state index contributed by atoms with van der Waals surface area (Å²) in [7, 11) is 0. The van der Waals surface area contributed by atoms with Crippen LogP contribution in [-0.2, 0) is 11.2 Å². The molecule has 65 heavy (non-hydrogen) atoms. The summed E-state index contributed by atoms with van der Waals surface area (Å²) in [6, 6.07) is 28.4. The first kappa shape index (κ1) is 43.2. The van der Waals surface area contributed by atoms with Crippen LogP contribution in [0.2, 0.25) is 10.0 Å². The molecule has 6 aromatic rings. The number of nitrogens with zero attached hydrogens (tertiary/aromatic N) is 7. The van der Waals surface area contributed by atoms with Crippen LogP contribution in [-0.4, -0.2) is 81.6 Å². The summed E-state index contributed by atoms with van der Waals surface area (Å²) in [5, 5.41) is 21.0.